The molecule has 2 aliphatic heterocycles. The second kappa shape index (κ2) is 19.0. The molecule has 4 fully saturated rings. The fraction of sp³-hybridized carbons (Fsp3) is 0.522. The van der Waals surface area contributed by atoms with E-state index in [1.807, 2.05) is 44.6 Å². The first-order chi connectivity index (χ1) is 29.9. The van der Waals surface area contributed by atoms with Crippen LogP contribution in [0.1, 0.15) is 77.0 Å². The van der Waals surface area contributed by atoms with Crippen LogP contribution in [0.5, 0.6) is 11.5 Å². The van der Waals surface area contributed by atoms with E-state index in [1.54, 1.807) is 12.4 Å². The summed E-state index contributed by atoms with van der Waals surface area (Å²) in [5.74, 6) is 1.76. The molecule has 2 aromatic carbocycles. The van der Waals surface area contributed by atoms with Gasteiger partial charge in [-0.3, -0.25) is 15.0 Å². The molecule has 1 amide bonds. The average Bonchev–Trinajstić information content (AvgIpc) is 3.30. The highest BCUT2D eigenvalue weighted by molar-refractivity contribution is 5.86. The average molecular weight is 832 g/mol. The number of hydrogen-bond acceptors (Lipinski definition) is 14. The molecule has 61 heavy (non-hydrogen) atoms. The van der Waals surface area contributed by atoms with Crippen molar-refractivity contribution in [3.63, 3.8) is 0 Å². The van der Waals surface area contributed by atoms with Crippen molar-refractivity contribution in [2.24, 2.45) is 5.92 Å². The fourth-order valence-electron chi connectivity index (χ4n) is 8.84. The number of alkyl carbamates (subject to hydrolysis) is 1. The molecule has 9 rings (SSSR count). The lowest BCUT2D eigenvalue weighted by molar-refractivity contribution is 0.0369. The van der Waals surface area contributed by atoms with Crippen molar-refractivity contribution in [2.75, 3.05) is 67.7 Å². The molecule has 2 saturated carbocycles. The summed E-state index contributed by atoms with van der Waals surface area (Å²) < 4.78 is 31.0. The molecule has 0 radical (unpaired) electrons. The largest absolute Gasteiger partial charge is 0.488 e. The van der Waals surface area contributed by atoms with Crippen molar-refractivity contribution in [1.82, 2.24) is 30.2 Å². The van der Waals surface area contributed by atoms with Crippen LogP contribution in [-0.4, -0.2) is 108 Å². The monoisotopic (exact) mass is 831 g/mol. The lowest BCUT2D eigenvalue weighted by Crippen LogP contribution is -2.40. The number of anilines is 3. The zero-order valence-electron chi connectivity index (χ0n) is 35.2. The van der Waals surface area contributed by atoms with Gasteiger partial charge in [-0.1, -0.05) is 13.8 Å². The van der Waals surface area contributed by atoms with Gasteiger partial charge in [0, 0.05) is 85.7 Å². The van der Waals surface area contributed by atoms with E-state index in [2.05, 4.69) is 49.7 Å². The lowest BCUT2D eigenvalue weighted by atomic mass is 9.92. The van der Waals surface area contributed by atoms with Gasteiger partial charge in [-0.05, 0) is 81.5 Å². The quantitative estimate of drug-likeness (QED) is 0.129. The third-order valence-electron chi connectivity index (χ3n) is 12.1. The second-order valence-electron chi connectivity index (χ2n) is 17.1. The number of rotatable bonds is 12. The summed E-state index contributed by atoms with van der Waals surface area (Å²) in [4.78, 5) is 40.7. The van der Waals surface area contributed by atoms with Crippen molar-refractivity contribution in [3.8, 4) is 11.5 Å². The number of pyridine rings is 1. The van der Waals surface area contributed by atoms with Crippen molar-refractivity contribution in [1.29, 1.82) is 0 Å². The molecule has 5 aromatic rings. The van der Waals surface area contributed by atoms with Gasteiger partial charge in [-0.25, -0.2) is 14.8 Å². The summed E-state index contributed by atoms with van der Waals surface area (Å²) in [5, 5.41) is 6.69. The summed E-state index contributed by atoms with van der Waals surface area (Å²) in [6.07, 6.45) is 15.5. The van der Waals surface area contributed by atoms with E-state index in [1.165, 1.54) is 0 Å². The third kappa shape index (κ3) is 10.2. The van der Waals surface area contributed by atoms with Gasteiger partial charge in [0.05, 0.1) is 68.1 Å². The number of carbonyl (C=O) groups excluding carboxylic acids is 1. The molecular weight excluding hydrogens is 775 g/mol. The first-order valence-corrected chi connectivity index (χ1v) is 22.1. The highest BCUT2D eigenvalue weighted by Crippen LogP contribution is 2.37. The fourth-order valence-corrected chi connectivity index (χ4v) is 8.84. The van der Waals surface area contributed by atoms with Gasteiger partial charge in [-0.2, -0.15) is 0 Å². The van der Waals surface area contributed by atoms with Gasteiger partial charge >= 0.3 is 6.09 Å². The smallest absolute Gasteiger partial charge is 0.407 e. The van der Waals surface area contributed by atoms with E-state index < -0.39 is 0 Å². The number of nitrogens with zero attached hydrogens (tertiary/aromatic N) is 7. The summed E-state index contributed by atoms with van der Waals surface area (Å²) in [6.45, 7) is 9.22. The summed E-state index contributed by atoms with van der Waals surface area (Å²) in [7, 11) is 0. The van der Waals surface area contributed by atoms with Gasteiger partial charge in [-0.15, -0.1) is 0 Å². The predicted molar refractivity (Wildman–Crippen MR) is 234 cm³/mol. The van der Waals surface area contributed by atoms with Gasteiger partial charge < -0.3 is 44.1 Å². The molecule has 1 unspecified atom stereocenters. The number of amides is 1. The van der Waals surface area contributed by atoms with E-state index in [-0.39, 0.29) is 30.4 Å². The van der Waals surface area contributed by atoms with Gasteiger partial charge in [0.25, 0.3) is 0 Å². The van der Waals surface area contributed by atoms with E-state index in [0.717, 1.165) is 115 Å². The molecule has 0 bridgehead atoms. The zero-order chi connectivity index (χ0) is 41.5. The molecule has 5 heterocycles. The number of hydrogen-bond donors (Lipinski definition) is 2. The standard InChI is InChI=1S/C46H57N9O6/c1-30(2)29-59-46(56)52-32-5-9-37(10-6-32)61-42-25-34(54-17-20-57-21-18-54)23-39-45(42)53-40(27-50-39)43-28-55(19-22-58-43)35-24-38-44(49-16-15-48-38)41(26-35)60-36-7-3-31(4-8-36)51-33-11-13-47-14-12-33/h11-16,23-27,30-32,36-37,43H,3-10,17-22,28-29H2,1-2H3,(H,47,51)(H,52,56)/t31-,32-,36+,37+,43?. The molecule has 3 aromatic heterocycles. The minimum absolute atomic E-state index is 0.0223. The number of morpholine rings is 2. The number of ether oxygens (including phenoxy) is 5. The summed E-state index contributed by atoms with van der Waals surface area (Å²) >= 11 is 0. The van der Waals surface area contributed by atoms with E-state index in [0.29, 0.717) is 57.2 Å². The Kier molecular flexibility index (Phi) is 12.7. The van der Waals surface area contributed by atoms with Crippen LogP contribution in [0.2, 0.25) is 0 Å². The van der Waals surface area contributed by atoms with Crippen LogP contribution < -0.4 is 29.9 Å². The maximum atomic E-state index is 12.4. The normalized spacial score (nSPS) is 23.5. The maximum absolute atomic E-state index is 12.4. The second-order valence-corrected chi connectivity index (χ2v) is 17.1. The highest BCUT2D eigenvalue weighted by atomic mass is 16.5. The highest BCUT2D eigenvalue weighted by Gasteiger charge is 2.29. The summed E-state index contributed by atoms with van der Waals surface area (Å²) in [6, 6.07) is 12.9. The van der Waals surface area contributed by atoms with Crippen molar-refractivity contribution < 1.29 is 28.5 Å². The lowest BCUT2D eigenvalue weighted by Gasteiger charge is -2.35. The Morgan fingerprint density at radius 1 is 0.754 bits per heavy atom. The molecule has 2 aliphatic carbocycles. The van der Waals surface area contributed by atoms with Gasteiger partial charge in [0.2, 0.25) is 0 Å². The SMILES string of the molecule is CC(C)COC(=O)N[C@H]1CC[C@@H](Oc2cc(N3CCOCC3)cc3ncc(C4CN(c5cc(O[C@H]6CC[C@@H](Nc7ccncc7)CC6)c6nccnc6c5)CCO4)nc23)CC1. The Labute approximate surface area is 356 Å². The molecule has 2 saturated heterocycles. The van der Waals surface area contributed by atoms with Crippen LogP contribution in [0.25, 0.3) is 22.1 Å². The Morgan fingerprint density at radius 2 is 1.39 bits per heavy atom. The Hall–Kier alpha value is -5.54. The van der Waals surface area contributed by atoms with Crippen LogP contribution in [-0.2, 0) is 14.2 Å². The number of benzene rings is 2. The molecule has 15 nitrogen and oxygen atoms in total. The van der Waals surface area contributed by atoms with E-state index in [4.69, 9.17) is 43.6 Å². The van der Waals surface area contributed by atoms with E-state index >= 15 is 0 Å². The molecule has 2 N–H and O–H groups in total. The van der Waals surface area contributed by atoms with Crippen molar-refractivity contribution >= 4 is 45.2 Å². The van der Waals surface area contributed by atoms with Crippen molar-refractivity contribution in [3.05, 3.63) is 73.1 Å². The van der Waals surface area contributed by atoms with Crippen molar-refractivity contribution in [2.45, 2.75) is 95.6 Å². The molecule has 322 valence electrons. The Bertz CT molecular complexity index is 2240. The number of aromatic nitrogens is 5. The van der Waals surface area contributed by atoms with Gasteiger partial charge in [0.1, 0.15) is 28.6 Å². The first kappa shape index (κ1) is 40.8. The minimum atomic E-state index is -0.347. The van der Waals surface area contributed by atoms with Crippen LogP contribution in [0.3, 0.4) is 0 Å². The first-order valence-electron chi connectivity index (χ1n) is 22.1. The maximum Gasteiger partial charge on any atom is 0.407 e. The van der Waals surface area contributed by atoms with Crippen LogP contribution in [0.15, 0.2) is 67.4 Å². The number of fused-ring (bicyclic) bond motifs is 2. The van der Waals surface area contributed by atoms with Crippen LogP contribution in [0, 0.1) is 5.92 Å². The number of nitrogens with one attached hydrogen (secondary N) is 2. The molecule has 1 atom stereocenters. The van der Waals surface area contributed by atoms with Crippen LogP contribution >= 0.6 is 0 Å². The van der Waals surface area contributed by atoms with E-state index in [9.17, 15) is 4.79 Å². The zero-order valence-corrected chi connectivity index (χ0v) is 35.2. The Balaban J connectivity index is 0.908. The molecular formula is C46H57N9O6. The Morgan fingerprint density at radius 3 is 2.11 bits per heavy atom. The van der Waals surface area contributed by atoms with Gasteiger partial charge in [0.15, 0.2) is 0 Å². The molecule has 4 aliphatic rings. The topological polar surface area (TPSA) is 158 Å². The minimum Gasteiger partial charge on any atom is -0.488 e. The molecule has 0 spiro atoms. The third-order valence-corrected chi connectivity index (χ3v) is 12.1. The predicted octanol–water partition coefficient (Wildman–Crippen LogP) is 7.26. The molecule has 15 heteroatoms. The number of carbonyl (C=O) groups is 1. The van der Waals surface area contributed by atoms with Crippen LogP contribution in [0.4, 0.5) is 21.9 Å². The summed E-state index contributed by atoms with van der Waals surface area (Å²) in [5.41, 5.74) is 6.97.